The van der Waals surface area contributed by atoms with Crippen LogP contribution in [0.2, 0.25) is 5.02 Å². The highest BCUT2D eigenvalue weighted by Crippen LogP contribution is 2.15. The lowest BCUT2D eigenvalue weighted by molar-refractivity contribution is 0.0976. The van der Waals surface area contributed by atoms with E-state index in [0.29, 0.717) is 10.6 Å². The van der Waals surface area contributed by atoms with Gasteiger partial charge in [-0.15, -0.1) is 0 Å². The van der Waals surface area contributed by atoms with Crippen LogP contribution >= 0.6 is 11.6 Å². The van der Waals surface area contributed by atoms with Crippen molar-refractivity contribution in [3.8, 4) is 6.07 Å². The molecule has 0 spiro atoms. The van der Waals surface area contributed by atoms with Crippen LogP contribution in [-0.4, -0.2) is 5.78 Å². The van der Waals surface area contributed by atoms with E-state index in [1.165, 1.54) is 0 Å². The van der Waals surface area contributed by atoms with Crippen LogP contribution in [0.25, 0.3) is 6.08 Å². The van der Waals surface area contributed by atoms with Crippen molar-refractivity contribution in [3.63, 3.8) is 0 Å². The van der Waals surface area contributed by atoms with Gasteiger partial charge in [-0.2, -0.15) is 5.26 Å². The molecular formula is C18H14ClNO. The van der Waals surface area contributed by atoms with Crippen LogP contribution < -0.4 is 0 Å². The predicted molar refractivity (Wildman–Crippen MR) is 85.0 cm³/mol. The zero-order valence-electron chi connectivity index (χ0n) is 11.4. The minimum Gasteiger partial charge on any atom is -0.294 e. The number of Topliss-reactive ketones (excluding diaryl/α,β-unsaturated/α-hetero) is 1. The number of nitrogens with zero attached hydrogens (tertiary/aromatic N) is 1. The molecule has 0 fully saturated rings. The Kier molecular flexibility index (Phi) is 5.31. The van der Waals surface area contributed by atoms with E-state index in [2.05, 4.69) is 6.07 Å². The maximum Gasteiger partial charge on any atom is 0.164 e. The number of halogens is 1. The minimum atomic E-state index is -0.437. The highest BCUT2D eigenvalue weighted by molar-refractivity contribution is 6.30. The summed E-state index contributed by atoms with van der Waals surface area (Å²) in [5, 5.41) is 9.76. The summed E-state index contributed by atoms with van der Waals surface area (Å²) in [5.74, 6) is -0.496. The monoisotopic (exact) mass is 295 g/mol. The molecule has 0 radical (unpaired) electrons. The van der Waals surface area contributed by atoms with Crippen LogP contribution in [0.1, 0.15) is 22.3 Å². The third kappa shape index (κ3) is 4.59. The normalized spacial score (nSPS) is 12.0. The third-order valence-electron chi connectivity index (χ3n) is 3.06. The van der Waals surface area contributed by atoms with Crippen LogP contribution in [0.15, 0.2) is 60.7 Å². The van der Waals surface area contributed by atoms with Crippen LogP contribution in [0, 0.1) is 17.2 Å². The van der Waals surface area contributed by atoms with Crippen molar-refractivity contribution in [1.82, 2.24) is 0 Å². The summed E-state index contributed by atoms with van der Waals surface area (Å²) in [7, 11) is 0. The molecule has 0 amide bonds. The molecule has 0 saturated heterocycles. The maximum atomic E-state index is 12.1. The van der Waals surface area contributed by atoms with Gasteiger partial charge in [-0.05, 0) is 29.8 Å². The first kappa shape index (κ1) is 15.0. The van der Waals surface area contributed by atoms with Gasteiger partial charge in [0, 0.05) is 17.0 Å². The molecule has 1 unspecified atom stereocenters. The molecule has 2 aromatic rings. The summed E-state index contributed by atoms with van der Waals surface area (Å²) in [6.45, 7) is 0. The molecule has 0 aliphatic carbocycles. The van der Waals surface area contributed by atoms with Gasteiger partial charge in [0.25, 0.3) is 0 Å². The van der Waals surface area contributed by atoms with E-state index >= 15 is 0 Å². The number of ketones is 1. The summed E-state index contributed by atoms with van der Waals surface area (Å²) in [6.07, 6.45) is 3.80. The van der Waals surface area contributed by atoms with Crippen LogP contribution in [0.5, 0.6) is 0 Å². The van der Waals surface area contributed by atoms with E-state index in [-0.39, 0.29) is 12.2 Å². The quantitative estimate of drug-likeness (QED) is 0.746. The van der Waals surface area contributed by atoms with Crippen LogP contribution in [0.3, 0.4) is 0 Å². The zero-order valence-corrected chi connectivity index (χ0v) is 12.1. The number of allylic oxidation sites excluding steroid dienone is 1. The lowest BCUT2D eigenvalue weighted by Crippen LogP contribution is -2.05. The fraction of sp³-hybridized carbons (Fsp3) is 0.111. The minimum absolute atomic E-state index is 0.0593. The van der Waals surface area contributed by atoms with Crippen molar-refractivity contribution in [2.45, 2.75) is 6.42 Å². The van der Waals surface area contributed by atoms with Crippen molar-refractivity contribution in [1.29, 1.82) is 5.26 Å². The number of hydrogen-bond acceptors (Lipinski definition) is 2. The fourth-order valence-electron chi connectivity index (χ4n) is 1.90. The predicted octanol–water partition coefficient (Wildman–Crippen LogP) is 4.77. The average molecular weight is 296 g/mol. The second kappa shape index (κ2) is 7.42. The van der Waals surface area contributed by atoms with Gasteiger partial charge < -0.3 is 0 Å². The lowest BCUT2D eigenvalue weighted by Gasteiger charge is -2.04. The second-order valence-corrected chi connectivity index (χ2v) is 5.08. The summed E-state index contributed by atoms with van der Waals surface area (Å²) in [5.41, 5.74) is 1.59. The molecule has 2 rings (SSSR count). The number of nitriles is 1. The van der Waals surface area contributed by atoms with Crippen molar-refractivity contribution in [2.75, 3.05) is 0 Å². The largest absolute Gasteiger partial charge is 0.294 e. The van der Waals surface area contributed by atoms with Gasteiger partial charge >= 0.3 is 0 Å². The van der Waals surface area contributed by atoms with Crippen molar-refractivity contribution < 1.29 is 4.79 Å². The van der Waals surface area contributed by atoms with Crippen molar-refractivity contribution in [2.24, 2.45) is 5.92 Å². The van der Waals surface area contributed by atoms with Gasteiger partial charge in [-0.25, -0.2) is 0 Å². The molecule has 2 aromatic carbocycles. The maximum absolute atomic E-state index is 12.1. The number of carbonyl (C=O) groups excluding carboxylic acids is 1. The van der Waals surface area contributed by atoms with E-state index in [1.807, 2.05) is 36.4 Å². The SMILES string of the molecule is N#CC(/C=C/c1ccccc1)CC(=O)c1ccc(Cl)cc1. The Labute approximate surface area is 129 Å². The molecule has 0 aliphatic rings. The van der Waals surface area contributed by atoms with E-state index in [4.69, 9.17) is 16.9 Å². The van der Waals surface area contributed by atoms with Crippen LogP contribution in [0.4, 0.5) is 0 Å². The number of benzene rings is 2. The Morgan fingerprint density at radius 3 is 2.43 bits per heavy atom. The highest BCUT2D eigenvalue weighted by atomic mass is 35.5. The summed E-state index contributed by atoms with van der Waals surface area (Å²) in [4.78, 5) is 12.1. The Balaban J connectivity index is 2.02. The molecule has 1 atom stereocenters. The van der Waals surface area contributed by atoms with Gasteiger partial charge in [0.15, 0.2) is 5.78 Å². The molecule has 0 aliphatic heterocycles. The number of rotatable bonds is 5. The summed E-state index contributed by atoms with van der Waals surface area (Å²) >= 11 is 5.79. The molecule has 21 heavy (non-hydrogen) atoms. The molecule has 0 heterocycles. The highest BCUT2D eigenvalue weighted by Gasteiger charge is 2.12. The number of carbonyl (C=O) groups is 1. The van der Waals surface area contributed by atoms with E-state index in [0.717, 1.165) is 5.56 Å². The Morgan fingerprint density at radius 2 is 1.81 bits per heavy atom. The summed E-state index contributed by atoms with van der Waals surface area (Å²) in [6, 6.07) is 18.6. The zero-order chi connectivity index (χ0) is 15.1. The average Bonchev–Trinajstić information content (AvgIpc) is 2.53. The van der Waals surface area contributed by atoms with Gasteiger partial charge in [0.05, 0.1) is 12.0 Å². The molecule has 2 nitrogen and oxygen atoms in total. The van der Waals surface area contributed by atoms with E-state index in [9.17, 15) is 4.79 Å². The molecule has 0 saturated carbocycles. The van der Waals surface area contributed by atoms with Crippen molar-refractivity contribution >= 4 is 23.5 Å². The lowest BCUT2D eigenvalue weighted by atomic mass is 9.98. The van der Waals surface area contributed by atoms with E-state index < -0.39 is 5.92 Å². The first-order valence-electron chi connectivity index (χ1n) is 6.60. The molecule has 104 valence electrons. The van der Waals surface area contributed by atoms with Gasteiger partial charge in [0.2, 0.25) is 0 Å². The molecular weight excluding hydrogens is 282 g/mol. The Bertz CT molecular complexity index is 669. The van der Waals surface area contributed by atoms with Gasteiger partial charge in [0.1, 0.15) is 0 Å². The standard InChI is InChI=1S/C18H14ClNO/c19-17-10-8-16(9-11-17)18(21)12-15(13-20)7-6-14-4-2-1-3-5-14/h1-11,15H,12H2/b7-6+. The Hall–Kier alpha value is -2.37. The smallest absolute Gasteiger partial charge is 0.164 e. The first-order valence-corrected chi connectivity index (χ1v) is 6.98. The molecule has 0 aromatic heterocycles. The summed E-state index contributed by atoms with van der Waals surface area (Å²) < 4.78 is 0. The molecule has 0 N–H and O–H groups in total. The Morgan fingerprint density at radius 1 is 1.14 bits per heavy atom. The van der Waals surface area contributed by atoms with Crippen LogP contribution in [-0.2, 0) is 0 Å². The number of hydrogen-bond donors (Lipinski definition) is 0. The van der Waals surface area contributed by atoms with E-state index in [1.54, 1.807) is 30.3 Å². The van der Waals surface area contributed by atoms with Crippen molar-refractivity contribution in [3.05, 3.63) is 76.8 Å². The molecule has 0 bridgehead atoms. The third-order valence-corrected chi connectivity index (χ3v) is 3.31. The van der Waals surface area contributed by atoms with Gasteiger partial charge in [-0.3, -0.25) is 4.79 Å². The topological polar surface area (TPSA) is 40.9 Å². The first-order chi connectivity index (χ1) is 10.2. The van der Waals surface area contributed by atoms with Gasteiger partial charge in [-0.1, -0.05) is 54.1 Å². The fourth-order valence-corrected chi connectivity index (χ4v) is 2.03. The molecule has 3 heteroatoms. The second-order valence-electron chi connectivity index (χ2n) is 4.64.